The zero-order valence-electron chi connectivity index (χ0n) is 15.5. The molecule has 29 heavy (non-hydrogen) atoms. The quantitative estimate of drug-likeness (QED) is 0.437. The van der Waals surface area contributed by atoms with Gasteiger partial charge in [-0.25, -0.2) is 9.78 Å². The van der Waals surface area contributed by atoms with Gasteiger partial charge in [-0.15, -0.1) is 0 Å². The lowest BCUT2D eigenvalue weighted by atomic mass is 10.1. The van der Waals surface area contributed by atoms with Gasteiger partial charge in [-0.05, 0) is 24.6 Å². The van der Waals surface area contributed by atoms with Crippen molar-refractivity contribution in [3.05, 3.63) is 51.7 Å². The first-order chi connectivity index (χ1) is 13.8. The van der Waals surface area contributed by atoms with Crippen molar-refractivity contribution < 1.29 is 14.7 Å². The lowest BCUT2D eigenvalue weighted by molar-refractivity contribution is -0.113. The highest BCUT2D eigenvalue weighted by Gasteiger charge is 2.37. The van der Waals surface area contributed by atoms with E-state index in [0.717, 1.165) is 0 Å². The number of hydrogen-bond donors (Lipinski definition) is 3. The van der Waals surface area contributed by atoms with Crippen LogP contribution in [0.25, 0.3) is 11.6 Å². The van der Waals surface area contributed by atoms with E-state index in [-0.39, 0.29) is 40.5 Å². The molecule has 11 heteroatoms. The van der Waals surface area contributed by atoms with Crippen LogP contribution in [0.5, 0.6) is 0 Å². The Labute approximate surface area is 169 Å². The molecule has 0 unspecified atom stereocenters. The van der Waals surface area contributed by atoms with Crippen molar-refractivity contribution in [1.29, 1.82) is 0 Å². The molecular weight excluding hydrogens is 398 g/mol. The fourth-order valence-electron chi connectivity index (χ4n) is 3.23. The topological polar surface area (TPSA) is 143 Å². The zero-order chi connectivity index (χ0) is 20.9. The van der Waals surface area contributed by atoms with Crippen molar-refractivity contribution >= 4 is 46.9 Å². The summed E-state index contributed by atoms with van der Waals surface area (Å²) in [6.45, 7) is 1.82. The van der Waals surface area contributed by atoms with Crippen LogP contribution in [-0.4, -0.2) is 41.7 Å². The monoisotopic (exact) mass is 413 g/mol. The predicted octanol–water partition coefficient (Wildman–Crippen LogP) is 1.87. The Morgan fingerprint density at radius 1 is 1.41 bits per heavy atom. The van der Waals surface area contributed by atoms with E-state index >= 15 is 0 Å². The summed E-state index contributed by atoms with van der Waals surface area (Å²) in [6.07, 6.45) is 4.69. The second-order valence-corrected chi connectivity index (χ2v) is 6.91. The highest BCUT2D eigenvalue weighted by atomic mass is 35.5. The van der Waals surface area contributed by atoms with Crippen molar-refractivity contribution in [2.24, 2.45) is 7.05 Å². The Morgan fingerprint density at radius 2 is 2.17 bits per heavy atom. The van der Waals surface area contributed by atoms with Crippen LogP contribution < -0.4 is 10.6 Å². The maximum absolute atomic E-state index is 13.2. The van der Waals surface area contributed by atoms with E-state index < -0.39 is 5.97 Å². The van der Waals surface area contributed by atoms with Gasteiger partial charge in [-0.1, -0.05) is 11.6 Å². The lowest BCUT2D eigenvalue weighted by Gasteiger charge is -2.14. The number of aryl methyl sites for hydroxylation is 1. The van der Waals surface area contributed by atoms with Crippen LogP contribution in [0.3, 0.4) is 0 Å². The number of aromatic carboxylic acids is 1. The Balaban J connectivity index is 1.84. The van der Waals surface area contributed by atoms with Gasteiger partial charge in [-0.3, -0.25) is 14.4 Å². The number of fused-ring (bicyclic) bond motifs is 1. The molecule has 0 spiro atoms. The number of rotatable bonds is 4. The number of carboxylic acids is 1. The maximum atomic E-state index is 13.2. The number of halogens is 1. The molecule has 3 aromatic heterocycles. The first-order valence-electron chi connectivity index (χ1n) is 8.53. The number of aromatic amines is 1. The molecule has 4 heterocycles. The van der Waals surface area contributed by atoms with Gasteiger partial charge in [0, 0.05) is 25.1 Å². The van der Waals surface area contributed by atoms with Gasteiger partial charge in [-0.2, -0.15) is 10.1 Å². The highest BCUT2D eigenvalue weighted by molar-refractivity contribution is 6.41. The Morgan fingerprint density at radius 3 is 2.79 bits per heavy atom. The van der Waals surface area contributed by atoms with Crippen LogP contribution in [0.1, 0.15) is 32.9 Å². The number of carbonyl (C=O) groups excluding carboxylic acids is 1. The van der Waals surface area contributed by atoms with Gasteiger partial charge < -0.3 is 15.8 Å². The number of amides is 1. The number of nitrogens with zero attached hydrogens (tertiary/aromatic N) is 5. The van der Waals surface area contributed by atoms with E-state index in [1.165, 1.54) is 11.1 Å². The van der Waals surface area contributed by atoms with Crippen LogP contribution in [0.2, 0.25) is 5.15 Å². The normalized spacial score (nSPS) is 14.7. The first kappa shape index (κ1) is 18.7. The molecule has 4 rings (SSSR count). The number of aromatic nitrogens is 5. The molecule has 0 bridgehead atoms. The van der Waals surface area contributed by atoms with Crippen LogP contribution in [0, 0.1) is 6.92 Å². The Kier molecular flexibility index (Phi) is 4.35. The number of nitrogens with one attached hydrogen (secondary N) is 1. The third-order valence-electron chi connectivity index (χ3n) is 4.65. The third kappa shape index (κ3) is 3.13. The molecule has 0 aromatic carbocycles. The first-order valence-corrected chi connectivity index (χ1v) is 8.90. The number of nitrogens with two attached hydrogens (primary N) is 1. The molecular formula is C18H16ClN7O3. The summed E-state index contributed by atoms with van der Waals surface area (Å²) in [5, 5.41) is 13.6. The predicted molar refractivity (Wildman–Crippen MR) is 106 cm³/mol. The number of nitrogen functional groups attached to an aromatic ring is 1. The van der Waals surface area contributed by atoms with Crippen molar-refractivity contribution in [1.82, 2.24) is 24.7 Å². The van der Waals surface area contributed by atoms with E-state index in [1.807, 2.05) is 0 Å². The van der Waals surface area contributed by atoms with Gasteiger partial charge in [0.15, 0.2) is 5.82 Å². The largest absolute Gasteiger partial charge is 0.478 e. The third-order valence-corrected chi connectivity index (χ3v) is 4.93. The molecule has 4 N–H and O–H groups in total. The molecule has 1 aliphatic heterocycles. The molecule has 1 aliphatic rings. The number of carboxylic acid groups (broad SMARTS) is 1. The molecule has 148 valence electrons. The van der Waals surface area contributed by atoms with Crippen molar-refractivity contribution in [3.8, 4) is 0 Å². The molecule has 3 aromatic rings. The van der Waals surface area contributed by atoms with Gasteiger partial charge >= 0.3 is 5.97 Å². The molecule has 0 saturated carbocycles. The fourth-order valence-corrected chi connectivity index (χ4v) is 3.50. The average Bonchev–Trinajstić information content (AvgIpc) is 3.29. The molecule has 0 atom stereocenters. The number of anilines is 2. The van der Waals surface area contributed by atoms with E-state index in [9.17, 15) is 14.7 Å². The lowest BCUT2D eigenvalue weighted by Crippen LogP contribution is -2.26. The van der Waals surface area contributed by atoms with Crippen LogP contribution in [-0.2, 0) is 18.4 Å². The van der Waals surface area contributed by atoms with Gasteiger partial charge in [0.1, 0.15) is 5.15 Å². The summed E-state index contributed by atoms with van der Waals surface area (Å²) in [6, 6.07) is 1.79. The van der Waals surface area contributed by atoms with E-state index in [1.54, 1.807) is 37.0 Å². The summed E-state index contributed by atoms with van der Waals surface area (Å²) in [7, 11) is 1.78. The molecule has 0 radical (unpaired) electrons. The summed E-state index contributed by atoms with van der Waals surface area (Å²) in [5.74, 6) is -1.20. The minimum atomic E-state index is -1.06. The standard InChI is InChI=1S/C18H16ClN7O3/c1-8-11(17(28)29)6-21-12(8)5-10-13-14(19)22-18(20)23-15(13)26(16(10)27)7-9-3-4-25(2)24-9/h3-6,21H,7H2,1-2H3,(H,28,29)(H2,20,22,23). The van der Waals surface area contributed by atoms with E-state index in [4.69, 9.17) is 17.3 Å². The summed E-state index contributed by atoms with van der Waals surface area (Å²) in [5.41, 5.74) is 8.07. The number of hydrogen-bond acceptors (Lipinski definition) is 6. The second kappa shape index (κ2) is 6.74. The smallest absolute Gasteiger partial charge is 0.337 e. The number of carbonyl (C=O) groups is 2. The van der Waals surface area contributed by atoms with Crippen molar-refractivity contribution in [2.45, 2.75) is 13.5 Å². The molecule has 0 fully saturated rings. The summed E-state index contributed by atoms with van der Waals surface area (Å²) < 4.78 is 1.63. The summed E-state index contributed by atoms with van der Waals surface area (Å²) in [4.78, 5) is 37.0. The maximum Gasteiger partial charge on any atom is 0.337 e. The molecule has 10 nitrogen and oxygen atoms in total. The fraction of sp³-hybridized carbons (Fsp3) is 0.167. The molecule has 1 amide bonds. The van der Waals surface area contributed by atoms with E-state index in [0.29, 0.717) is 22.5 Å². The van der Waals surface area contributed by atoms with Crippen LogP contribution >= 0.6 is 11.6 Å². The zero-order valence-corrected chi connectivity index (χ0v) is 16.2. The van der Waals surface area contributed by atoms with Gasteiger partial charge in [0.2, 0.25) is 5.95 Å². The Bertz CT molecular complexity index is 1190. The SMILES string of the molecule is Cc1c(C(=O)O)c[nH]c1C=C1C(=O)N(Cc2ccn(C)n2)c2nc(N)nc(Cl)c21. The molecule has 0 aliphatic carbocycles. The molecule has 0 saturated heterocycles. The van der Waals surface area contributed by atoms with Gasteiger partial charge in [0.25, 0.3) is 5.91 Å². The highest BCUT2D eigenvalue weighted by Crippen LogP contribution is 2.41. The summed E-state index contributed by atoms with van der Waals surface area (Å²) >= 11 is 6.29. The average molecular weight is 414 g/mol. The van der Waals surface area contributed by atoms with Crippen molar-refractivity contribution in [2.75, 3.05) is 10.6 Å². The number of H-pyrrole nitrogens is 1. The Hall–Kier alpha value is -3.66. The minimum absolute atomic E-state index is 0.0401. The van der Waals surface area contributed by atoms with Crippen LogP contribution in [0.15, 0.2) is 18.5 Å². The minimum Gasteiger partial charge on any atom is -0.478 e. The second-order valence-electron chi connectivity index (χ2n) is 6.55. The van der Waals surface area contributed by atoms with Crippen molar-refractivity contribution in [3.63, 3.8) is 0 Å². The van der Waals surface area contributed by atoms with Gasteiger partial charge in [0.05, 0.1) is 28.9 Å². The van der Waals surface area contributed by atoms with Crippen LogP contribution in [0.4, 0.5) is 11.8 Å². The van der Waals surface area contributed by atoms with E-state index in [2.05, 4.69) is 20.1 Å².